The monoisotopic (exact) mass is 324 g/mol. The number of thiophene rings is 1. The molecular weight excluding hydrogens is 308 g/mol. The van der Waals surface area contributed by atoms with Gasteiger partial charge in [-0.05, 0) is 31.2 Å². The Hall–Kier alpha value is -1.56. The number of carbonyl (C=O) groups is 1. The Labute approximate surface area is 133 Å². The Morgan fingerprint density at radius 1 is 1.33 bits per heavy atom. The van der Waals surface area contributed by atoms with Crippen molar-refractivity contribution in [2.45, 2.75) is 13.0 Å². The van der Waals surface area contributed by atoms with Crippen molar-refractivity contribution in [1.82, 2.24) is 5.32 Å². The minimum Gasteiger partial charge on any atom is -0.374 e. The summed E-state index contributed by atoms with van der Waals surface area (Å²) < 4.78 is 5.42. The molecule has 0 aliphatic carbocycles. The predicted octanol–water partition coefficient (Wildman–Crippen LogP) is 4.22. The first-order chi connectivity index (χ1) is 10.1. The quantitative estimate of drug-likeness (QED) is 0.865. The van der Waals surface area contributed by atoms with Gasteiger partial charge in [0, 0.05) is 16.9 Å². The maximum absolute atomic E-state index is 11.9. The van der Waals surface area contributed by atoms with E-state index in [0.29, 0.717) is 17.3 Å². The van der Waals surface area contributed by atoms with Crippen molar-refractivity contribution in [1.29, 1.82) is 0 Å². The zero-order chi connectivity index (χ0) is 15.2. The van der Waals surface area contributed by atoms with Crippen molar-refractivity contribution in [3.63, 3.8) is 0 Å². The molecule has 0 spiro atoms. The highest BCUT2D eigenvalue weighted by atomic mass is 35.5. The van der Waals surface area contributed by atoms with Crippen LogP contribution in [0.5, 0.6) is 0 Å². The van der Waals surface area contributed by atoms with E-state index in [1.165, 1.54) is 4.88 Å². The number of hydrogen-bond acceptors (Lipinski definition) is 3. The number of aryl methyl sites for hydroxylation is 1. The minimum absolute atomic E-state index is 0.152. The smallest absolute Gasteiger partial charge is 0.319 e. The zero-order valence-corrected chi connectivity index (χ0v) is 13.4. The normalized spacial score (nSPS) is 12.0. The summed E-state index contributed by atoms with van der Waals surface area (Å²) in [5.41, 5.74) is 0.581. The van der Waals surface area contributed by atoms with Crippen LogP contribution in [0.1, 0.15) is 15.9 Å². The predicted molar refractivity (Wildman–Crippen MR) is 87.3 cm³/mol. The third-order valence-electron chi connectivity index (χ3n) is 2.93. The molecule has 112 valence electrons. The van der Waals surface area contributed by atoms with Crippen molar-refractivity contribution in [3.8, 4) is 0 Å². The number of halogens is 1. The van der Waals surface area contributed by atoms with Crippen molar-refractivity contribution >= 4 is 34.7 Å². The zero-order valence-electron chi connectivity index (χ0n) is 11.9. The lowest BCUT2D eigenvalue weighted by Gasteiger charge is -2.15. The molecule has 2 rings (SSSR count). The van der Waals surface area contributed by atoms with E-state index < -0.39 is 0 Å². The van der Waals surface area contributed by atoms with Gasteiger partial charge in [-0.25, -0.2) is 4.79 Å². The number of methoxy groups -OCH3 is 1. The number of ether oxygens (including phenoxy) is 1. The Kier molecular flexibility index (Phi) is 5.61. The summed E-state index contributed by atoms with van der Waals surface area (Å²) in [5, 5.41) is 6.01. The molecule has 1 atom stereocenters. The molecule has 0 aliphatic rings. The van der Waals surface area contributed by atoms with Crippen LogP contribution < -0.4 is 10.6 Å². The van der Waals surface area contributed by atoms with Crippen LogP contribution in [0.4, 0.5) is 10.5 Å². The Balaban J connectivity index is 1.89. The fourth-order valence-corrected chi connectivity index (χ4v) is 2.98. The number of amides is 2. The molecule has 0 saturated carbocycles. The molecule has 0 saturated heterocycles. The van der Waals surface area contributed by atoms with Gasteiger partial charge >= 0.3 is 6.03 Å². The van der Waals surface area contributed by atoms with Gasteiger partial charge < -0.3 is 15.4 Å². The molecule has 4 nitrogen and oxygen atoms in total. The summed E-state index contributed by atoms with van der Waals surface area (Å²) >= 11 is 7.65. The fourth-order valence-electron chi connectivity index (χ4n) is 1.84. The lowest BCUT2D eigenvalue weighted by Crippen LogP contribution is -2.32. The minimum atomic E-state index is -0.307. The first kappa shape index (κ1) is 15.8. The second-order valence-corrected chi connectivity index (χ2v) is 6.21. The van der Waals surface area contributed by atoms with Gasteiger partial charge in [0.25, 0.3) is 0 Å². The molecule has 0 fully saturated rings. The van der Waals surface area contributed by atoms with Crippen molar-refractivity contribution in [2.24, 2.45) is 0 Å². The molecule has 1 heterocycles. The van der Waals surface area contributed by atoms with Crippen molar-refractivity contribution < 1.29 is 9.53 Å². The number of nitrogens with one attached hydrogen (secondary N) is 2. The topological polar surface area (TPSA) is 50.4 Å². The Bertz CT molecular complexity index is 615. The van der Waals surface area contributed by atoms with E-state index in [4.69, 9.17) is 16.3 Å². The van der Waals surface area contributed by atoms with Crippen LogP contribution in [-0.2, 0) is 4.74 Å². The van der Waals surface area contributed by atoms with E-state index in [-0.39, 0.29) is 12.1 Å². The van der Waals surface area contributed by atoms with Crippen molar-refractivity contribution in [2.75, 3.05) is 19.0 Å². The number of anilines is 1. The first-order valence-corrected chi connectivity index (χ1v) is 7.68. The van der Waals surface area contributed by atoms with Crippen LogP contribution in [0.2, 0.25) is 5.02 Å². The molecule has 2 N–H and O–H groups in total. The first-order valence-electron chi connectivity index (χ1n) is 6.48. The van der Waals surface area contributed by atoms with Gasteiger partial charge in [0.1, 0.15) is 6.10 Å². The molecule has 21 heavy (non-hydrogen) atoms. The Morgan fingerprint density at radius 3 is 2.71 bits per heavy atom. The fraction of sp³-hybridized carbons (Fsp3) is 0.267. The molecular formula is C15H17ClN2O2S. The molecule has 0 aliphatic heterocycles. The van der Waals surface area contributed by atoms with Crippen LogP contribution in [-0.4, -0.2) is 19.7 Å². The van der Waals surface area contributed by atoms with Gasteiger partial charge in [-0.3, -0.25) is 0 Å². The molecule has 0 radical (unpaired) electrons. The molecule has 6 heteroatoms. The molecule has 2 amide bonds. The van der Waals surface area contributed by atoms with Crippen LogP contribution in [0, 0.1) is 6.92 Å². The third kappa shape index (κ3) is 4.46. The molecule has 1 aromatic heterocycles. The Morgan fingerprint density at radius 2 is 2.10 bits per heavy atom. The summed E-state index contributed by atoms with van der Waals surface area (Å²) in [4.78, 5) is 14.2. The van der Waals surface area contributed by atoms with E-state index in [1.807, 2.05) is 31.2 Å². The average molecular weight is 325 g/mol. The van der Waals surface area contributed by atoms with E-state index in [1.54, 1.807) is 30.6 Å². The largest absolute Gasteiger partial charge is 0.374 e. The molecule has 0 unspecified atom stereocenters. The molecule has 2 aromatic rings. The summed E-state index contributed by atoms with van der Waals surface area (Å²) in [6.45, 7) is 2.44. The second kappa shape index (κ2) is 7.45. The summed E-state index contributed by atoms with van der Waals surface area (Å²) in [5.74, 6) is 0. The number of rotatable bonds is 5. The van der Waals surface area contributed by atoms with Crippen molar-refractivity contribution in [3.05, 3.63) is 51.2 Å². The van der Waals surface area contributed by atoms with E-state index in [2.05, 4.69) is 10.6 Å². The highest BCUT2D eigenvalue weighted by Gasteiger charge is 2.14. The number of para-hydroxylation sites is 1. The number of carbonyl (C=O) groups excluding carboxylic acids is 1. The van der Waals surface area contributed by atoms with Crippen LogP contribution >= 0.6 is 22.9 Å². The SMILES string of the molecule is CO[C@H](CNC(=O)Nc1ccccc1Cl)c1ccc(C)s1. The summed E-state index contributed by atoms with van der Waals surface area (Å²) in [7, 11) is 1.63. The second-order valence-electron chi connectivity index (χ2n) is 4.49. The lowest BCUT2D eigenvalue weighted by molar-refractivity contribution is 0.107. The number of benzene rings is 1. The van der Waals surface area contributed by atoms with E-state index in [0.717, 1.165) is 4.88 Å². The highest BCUT2D eigenvalue weighted by Crippen LogP contribution is 2.24. The van der Waals surface area contributed by atoms with Gasteiger partial charge in [0.15, 0.2) is 0 Å². The standard InChI is InChI=1S/C15H17ClN2O2S/c1-10-7-8-14(21-10)13(20-2)9-17-15(19)18-12-6-4-3-5-11(12)16/h3-8,13H,9H2,1-2H3,(H2,17,18,19)/t13-/m1/s1. The van der Waals surface area contributed by atoms with Crippen LogP contribution in [0.25, 0.3) is 0 Å². The van der Waals surface area contributed by atoms with Gasteiger partial charge in [0.05, 0.1) is 17.3 Å². The van der Waals surface area contributed by atoms with Crippen LogP contribution in [0.3, 0.4) is 0 Å². The maximum Gasteiger partial charge on any atom is 0.319 e. The number of urea groups is 1. The summed E-state index contributed by atoms with van der Waals surface area (Å²) in [6, 6.07) is 10.8. The van der Waals surface area contributed by atoms with Gasteiger partial charge in [-0.1, -0.05) is 23.7 Å². The summed E-state index contributed by atoms with van der Waals surface area (Å²) in [6.07, 6.45) is -0.152. The van der Waals surface area contributed by atoms with E-state index >= 15 is 0 Å². The maximum atomic E-state index is 11.9. The van der Waals surface area contributed by atoms with Gasteiger partial charge in [-0.15, -0.1) is 11.3 Å². The van der Waals surface area contributed by atoms with Crippen LogP contribution in [0.15, 0.2) is 36.4 Å². The molecule has 1 aromatic carbocycles. The number of hydrogen-bond donors (Lipinski definition) is 2. The van der Waals surface area contributed by atoms with Gasteiger partial charge in [0.2, 0.25) is 0 Å². The highest BCUT2D eigenvalue weighted by molar-refractivity contribution is 7.12. The molecule has 0 bridgehead atoms. The van der Waals surface area contributed by atoms with E-state index in [9.17, 15) is 4.79 Å². The third-order valence-corrected chi connectivity index (χ3v) is 4.36. The van der Waals surface area contributed by atoms with Gasteiger partial charge in [-0.2, -0.15) is 0 Å². The average Bonchev–Trinajstić information content (AvgIpc) is 2.89. The lowest BCUT2D eigenvalue weighted by atomic mass is 10.3.